The van der Waals surface area contributed by atoms with E-state index in [1.54, 1.807) is 38.1 Å². The second-order valence-corrected chi connectivity index (χ2v) is 5.71. The molecule has 0 radical (unpaired) electrons. The highest BCUT2D eigenvalue weighted by Crippen LogP contribution is 2.28. The molecule has 0 aliphatic carbocycles. The summed E-state index contributed by atoms with van der Waals surface area (Å²) in [6.07, 6.45) is -3.05. The molecule has 0 fully saturated rings. The van der Waals surface area contributed by atoms with E-state index < -0.39 is 17.5 Å². The van der Waals surface area contributed by atoms with Gasteiger partial charge in [0.2, 0.25) is 0 Å². The quantitative estimate of drug-likeness (QED) is 0.506. The molecule has 4 nitrogen and oxygen atoms in total. The number of pyridine rings is 1. The number of benzene rings is 1. The summed E-state index contributed by atoms with van der Waals surface area (Å²) < 4.78 is 37.7. The van der Waals surface area contributed by atoms with Crippen LogP contribution in [0.25, 0.3) is 0 Å². The third kappa shape index (κ3) is 6.28. The first kappa shape index (κ1) is 18.5. The Morgan fingerprint density at radius 2 is 1.80 bits per heavy atom. The minimum absolute atomic E-state index is 0.00117. The molecule has 0 atom stereocenters. The minimum Gasteiger partial charge on any atom is -0.378 e. The Morgan fingerprint density at radius 1 is 1.12 bits per heavy atom. The van der Waals surface area contributed by atoms with Crippen molar-refractivity contribution in [3.8, 4) is 11.8 Å². The Labute approximate surface area is 143 Å². The zero-order valence-electron chi connectivity index (χ0n) is 13.6. The Morgan fingerprint density at radius 3 is 2.40 bits per heavy atom. The summed E-state index contributed by atoms with van der Waals surface area (Å²) in [6.45, 7) is 3.18. The molecule has 0 amide bonds. The van der Waals surface area contributed by atoms with Crippen LogP contribution in [0, 0.1) is 11.8 Å². The van der Waals surface area contributed by atoms with Crippen LogP contribution in [0.2, 0.25) is 0 Å². The van der Waals surface area contributed by atoms with Crippen molar-refractivity contribution in [2.75, 3.05) is 5.43 Å². The van der Waals surface area contributed by atoms with Crippen molar-refractivity contribution in [3.05, 3.63) is 59.3 Å². The van der Waals surface area contributed by atoms with E-state index in [9.17, 15) is 18.3 Å². The van der Waals surface area contributed by atoms with Crippen molar-refractivity contribution < 1.29 is 18.3 Å². The smallest absolute Gasteiger partial charge is 0.378 e. The zero-order valence-corrected chi connectivity index (χ0v) is 13.6. The molecule has 2 rings (SSSR count). The van der Waals surface area contributed by atoms with E-state index in [1.807, 2.05) is 0 Å². The first-order chi connectivity index (χ1) is 11.6. The number of nitrogens with one attached hydrogen (secondary N) is 1. The molecule has 130 valence electrons. The van der Waals surface area contributed by atoms with E-state index in [1.165, 1.54) is 18.3 Å². The summed E-state index contributed by atoms with van der Waals surface area (Å²) in [7, 11) is 0. The van der Waals surface area contributed by atoms with Crippen LogP contribution >= 0.6 is 0 Å². The van der Waals surface area contributed by atoms with Gasteiger partial charge in [0.15, 0.2) is 0 Å². The van der Waals surface area contributed by atoms with Gasteiger partial charge < -0.3 is 5.11 Å². The van der Waals surface area contributed by atoms with Crippen molar-refractivity contribution in [1.82, 2.24) is 4.98 Å². The first-order valence-corrected chi connectivity index (χ1v) is 7.32. The predicted octanol–water partition coefficient (Wildman–Crippen LogP) is 3.67. The van der Waals surface area contributed by atoms with Gasteiger partial charge in [0.1, 0.15) is 17.1 Å². The highest BCUT2D eigenvalue weighted by Gasteiger charge is 2.32. The number of halogens is 3. The predicted molar refractivity (Wildman–Crippen MR) is 90.1 cm³/mol. The molecule has 0 spiro atoms. The van der Waals surface area contributed by atoms with Gasteiger partial charge in [-0.2, -0.15) is 18.3 Å². The first-order valence-electron chi connectivity index (χ1n) is 7.32. The van der Waals surface area contributed by atoms with Gasteiger partial charge in [-0.25, -0.2) is 4.98 Å². The van der Waals surface area contributed by atoms with Gasteiger partial charge in [-0.15, -0.1) is 0 Å². The zero-order chi connectivity index (χ0) is 18.5. The van der Waals surface area contributed by atoms with Crippen molar-refractivity contribution in [2.45, 2.75) is 25.6 Å². The number of aliphatic hydroxyl groups is 1. The van der Waals surface area contributed by atoms with Crippen LogP contribution < -0.4 is 5.43 Å². The molecule has 0 aliphatic rings. The van der Waals surface area contributed by atoms with Crippen molar-refractivity contribution in [1.29, 1.82) is 0 Å². The number of hydrazone groups is 1. The molecule has 2 N–H and O–H groups in total. The number of alkyl halides is 3. The SMILES string of the molecule is CC(C)(O)C#Cc1ccc(C=NNc2cccc(C(F)(F)F)n2)cc1. The average Bonchev–Trinajstić information content (AvgIpc) is 2.53. The summed E-state index contributed by atoms with van der Waals surface area (Å²) in [5.74, 6) is 5.54. The van der Waals surface area contributed by atoms with Gasteiger partial charge in [-0.1, -0.05) is 30.0 Å². The number of nitrogens with zero attached hydrogens (tertiary/aromatic N) is 2. The normalized spacial score (nSPS) is 11.9. The third-order valence-electron chi connectivity index (χ3n) is 2.86. The molecule has 0 bridgehead atoms. The topological polar surface area (TPSA) is 57.5 Å². The Bertz CT molecular complexity index is 810. The molecule has 25 heavy (non-hydrogen) atoms. The van der Waals surface area contributed by atoms with Gasteiger partial charge in [0.05, 0.1) is 6.21 Å². The van der Waals surface area contributed by atoms with E-state index in [-0.39, 0.29) is 5.82 Å². The second-order valence-electron chi connectivity index (χ2n) is 5.71. The van der Waals surface area contributed by atoms with E-state index in [0.717, 1.165) is 17.2 Å². The van der Waals surface area contributed by atoms with Crippen LogP contribution in [-0.4, -0.2) is 21.9 Å². The fourth-order valence-electron chi connectivity index (χ4n) is 1.71. The van der Waals surface area contributed by atoms with E-state index in [4.69, 9.17) is 0 Å². The number of rotatable bonds is 3. The lowest BCUT2D eigenvalue weighted by Gasteiger charge is -2.06. The summed E-state index contributed by atoms with van der Waals surface area (Å²) >= 11 is 0. The molecule has 7 heteroatoms. The average molecular weight is 347 g/mol. The van der Waals surface area contributed by atoms with E-state index in [2.05, 4.69) is 27.4 Å². The van der Waals surface area contributed by atoms with Crippen LogP contribution in [0.5, 0.6) is 0 Å². The van der Waals surface area contributed by atoms with E-state index in [0.29, 0.717) is 0 Å². The lowest BCUT2D eigenvalue weighted by molar-refractivity contribution is -0.141. The largest absolute Gasteiger partial charge is 0.433 e. The lowest BCUT2D eigenvalue weighted by Crippen LogP contribution is -2.14. The Kier molecular flexibility index (Phi) is 5.45. The van der Waals surface area contributed by atoms with Crippen molar-refractivity contribution in [3.63, 3.8) is 0 Å². The highest BCUT2D eigenvalue weighted by molar-refractivity contribution is 5.80. The standard InChI is InChI=1S/C18H16F3N3O/c1-17(2,25)11-10-13-6-8-14(9-7-13)12-22-24-16-5-3-4-15(23-16)18(19,20)21/h3-9,12,25H,1-2H3,(H,23,24). The molecule has 0 saturated carbocycles. The lowest BCUT2D eigenvalue weighted by atomic mass is 10.1. The number of anilines is 1. The Balaban J connectivity index is 2.02. The van der Waals surface area contributed by atoms with Gasteiger partial charge in [0, 0.05) is 5.56 Å². The maximum Gasteiger partial charge on any atom is 0.433 e. The molecular weight excluding hydrogens is 331 g/mol. The fraction of sp³-hybridized carbons (Fsp3) is 0.222. The van der Waals surface area contributed by atoms with Crippen LogP contribution in [0.15, 0.2) is 47.6 Å². The highest BCUT2D eigenvalue weighted by atomic mass is 19.4. The molecule has 0 unspecified atom stereocenters. The van der Waals surface area contributed by atoms with Crippen molar-refractivity contribution >= 4 is 12.0 Å². The number of hydrogen-bond acceptors (Lipinski definition) is 4. The summed E-state index contributed by atoms with van der Waals surface area (Å²) in [6, 6.07) is 10.5. The molecule has 0 saturated heterocycles. The minimum atomic E-state index is -4.50. The van der Waals surface area contributed by atoms with Gasteiger partial charge >= 0.3 is 6.18 Å². The Hall–Kier alpha value is -2.85. The van der Waals surface area contributed by atoms with Gasteiger partial charge in [-0.3, -0.25) is 5.43 Å². The third-order valence-corrected chi connectivity index (χ3v) is 2.86. The summed E-state index contributed by atoms with van der Waals surface area (Å²) in [4.78, 5) is 3.44. The van der Waals surface area contributed by atoms with Crippen LogP contribution in [-0.2, 0) is 6.18 Å². The maximum atomic E-state index is 12.6. The molecule has 1 aromatic carbocycles. The fourth-order valence-corrected chi connectivity index (χ4v) is 1.71. The van der Waals surface area contributed by atoms with Crippen LogP contribution in [0.3, 0.4) is 0 Å². The van der Waals surface area contributed by atoms with E-state index >= 15 is 0 Å². The number of hydrogen-bond donors (Lipinski definition) is 2. The molecule has 1 aromatic heterocycles. The molecular formula is C18H16F3N3O. The molecule has 1 heterocycles. The summed E-state index contributed by atoms with van der Waals surface area (Å²) in [5, 5.41) is 13.4. The van der Waals surface area contributed by atoms with Gasteiger partial charge in [-0.05, 0) is 43.7 Å². The van der Waals surface area contributed by atoms with Crippen LogP contribution in [0.4, 0.5) is 19.0 Å². The molecule has 2 aromatic rings. The second kappa shape index (κ2) is 7.36. The van der Waals surface area contributed by atoms with Gasteiger partial charge in [0.25, 0.3) is 0 Å². The number of aromatic nitrogens is 1. The van der Waals surface area contributed by atoms with Crippen molar-refractivity contribution in [2.24, 2.45) is 5.10 Å². The monoisotopic (exact) mass is 347 g/mol. The molecule has 0 aliphatic heterocycles. The van der Waals surface area contributed by atoms with Crippen LogP contribution in [0.1, 0.15) is 30.7 Å². The maximum absolute atomic E-state index is 12.6. The summed E-state index contributed by atoms with van der Waals surface area (Å²) in [5.41, 5.74) is 1.87.